The van der Waals surface area contributed by atoms with Crippen LogP contribution in [0.2, 0.25) is 0 Å². The standard InChI is InChI=1S/2C11H16O2/c2*1-11(2,3)9-7-8(12)5-6-10(9)13-4/h2*5-7,12H,1-4H3. The molecule has 2 aromatic rings. The van der Waals surface area contributed by atoms with E-state index in [2.05, 4.69) is 41.5 Å². The van der Waals surface area contributed by atoms with Crippen molar-refractivity contribution in [2.45, 2.75) is 52.4 Å². The largest absolute Gasteiger partial charge is 0.508 e. The molecule has 0 aromatic heterocycles. The summed E-state index contributed by atoms with van der Waals surface area (Å²) in [5.74, 6) is 2.21. The van der Waals surface area contributed by atoms with Gasteiger partial charge in [-0.15, -0.1) is 0 Å². The quantitative estimate of drug-likeness (QED) is 0.753. The molecular weight excluding hydrogens is 328 g/mol. The molecule has 0 aliphatic rings. The van der Waals surface area contributed by atoms with Crippen molar-refractivity contribution in [2.75, 3.05) is 14.2 Å². The third-order valence-electron chi connectivity index (χ3n) is 3.98. The van der Waals surface area contributed by atoms with Gasteiger partial charge in [0, 0.05) is 11.1 Å². The van der Waals surface area contributed by atoms with E-state index in [0.29, 0.717) is 0 Å². The monoisotopic (exact) mass is 360 g/mol. The van der Waals surface area contributed by atoms with E-state index >= 15 is 0 Å². The second-order valence-corrected chi connectivity index (χ2v) is 8.27. The van der Waals surface area contributed by atoms with Crippen molar-refractivity contribution >= 4 is 0 Å². The summed E-state index contributed by atoms with van der Waals surface area (Å²) in [5.41, 5.74) is 2.03. The maximum absolute atomic E-state index is 9.34. The smallest absolute Gasteiger partial charge is 0.122 e. The van der Waals surface area contributed by atoms with Crippen LogP contribution in [0.5, 0.6) is 23.0 Å². The molecule has 0 bridgehead atoms. The molecule has 2 N–H and O–H groups in total. The zero-order valence-electron chi connectivity index (χ0n) is 17.2. The predicted molar refractivity (Wildman–Crippen MR) is 107 cm³/mol. The average Bonchev–Trinajstić information content (AvgIpc) is 2.54. The van der Waals surface area contributed by atoms with Crippen molar-refractivity contribution in [3.05, 3.63) is 47.5 Å². The van der Waals surface area contributed by atoms with Crippen LogP contribution in [0.15, 0.2) is 36.4 Å². The molecule has 0 unspecified atom stereocenters. The van der Waals surface area contributed by atoms with Crippen LogP contribution in [0.3, 0.4) is 0 Å². The van der Waals surface area contributed by atoms with Gasteiger partial charge in [0.05, 0.1) is 14.2 Å². The minimum absolute atomic E-state index is 0.00984. The van der Waals surface area contributed by atoms with E-state index in [1.165, 1.54) is 0 Å². The fraction of sp³-hybridized carbons (Fsp3) is 0.455. The van der Waals surface area contributed by atoms with Gasteiger partial charge in [-0.3, -0.25) is 0 Å². The fourth-order valence-electron chi connectivity index (χ4n) is 2.56. The van der Waals surface area contributed by atoms with Crippen LogP contribution in [-0.4, -0.2) is 24.4 Å². The third kappa shape index (κ3) is 5.87. The van der Waals surface area contributed by atoms with E-state index in [-0.39, 0.29) is 22.3 Å². The van der Waals surface area contributed by atoms with Crippen molar-refractivity contribution in [3.8, 4) is 23.0 Å². The highest BCUT2D eigenvalue weighted by molar-refractivity contribution is 5.44. The molecule has 0 radical (unpaired) electrons. The number of phenolic OH excluding ortho intramolecular Hbond substituents is 2. The van der Waals surface area contributed by atoms with Crippen molar-refractivity contribution in [1.82, 2.24) is 0 Å². The number of aromatic hydroxyl groups is 2. The summed E-state index contributed by atoms with van der Waals surface area (Å²) in [5, 5.41) is 18.7. The van der Waals surface area contributed by atoms with Gasteiger partial charge in [0.25, 0.3) is 0 Å². The molecule has 0 saturated carbocycles. The van der Waals surface area contributed by atoms with Gasteiger partial charge in [-0.1, -0.05) is 41.5 Å². The van der Waals surface area contributed by atoms with Crippen LogP contribution in [0.4, 0.5) is 0 Å². The van der Waals surface area contributed by atoms with Gasteiger partial charge in [0.15, 0.2) is 0 Å². The molecule has 0 heterocycles. The minimum Gasteiger partial charge on any atom is -0.508 e. The van der Waals surface area contributed by atoms with Gasteiger partial charge in [-0.2, -0.15) is 0 Å². The first kappa shape index (κ1) is 21.7. The number of rotatable bonds is 2. The lowest BCUT2D eigenvalue weighted by atomic mass is 9.86. The molecule has 144 valence electrons. The zero-order chi connectivity index (χ0) is 20.1. The first-order valence-electron chi connectivity index (χ1n) is 8.65. The molecule has 0 spiro atoms. The Bertz CT molecular complexity index is 658. The minimum atomic E-state index is -0.00984. The summed E-state index contributed by atoms with van der Waals surface area (Å²) in [6, 6.07) is 10.3. The normalized spacial score (nSPS) is 11.4. The number of methoxy groups -OCH3 is 2. The van der Waals surface area contributed by atoms with Crippen molar-refractivity contribution in [2.24, 2.45) is 0 Å². The molecule has 0 saturated heterocycles. The molecule has 0 atom stereocenters. The molecule has 0 fully saturated rings. The van der Waals surface area contributed by atoms with Crippen molar-refractivity contribution < 1.29 is 19.7 Å². The zero-order valence-corrected chi connectivity index (χ0v) is 17.2. The Hall–Kier alpha value is -2.36. The van der Waals surface area contributed by atoms with Crippen LogP contribution in [0.25, 0.3) is 0 Å². The Labute approximate surface area is 157 Å². The number of phenols is 2. The van der Waals surface area contributed by atoms with Gasteiger partial charge in [0.1, 0.15) is 23.0 Å². The highest BCUT2D eigenvalue weighted by atomic mass is 16.5. The first-order chi connectivity index (χ1) is 11.9. The molecule has 2 rings (SSSR count). The molecule has 4 heteroatoms. The number of hydrogen-bond acceptors (Lipinski definition) is 4. The van der Waals surface area contributed by atoms with Crippen LogP contribution < -0.4 is 9.47 Å². The van der Waals surface area contributed by atoms with Crippen LogP contribution in [0.1, 0.15) is 52.7 Å². The van der Waals surface area contributed by atoms with Gasteiger partial charge in [-0.25, -0.2) is 0 Å². The van der Waals surface area contributed by atoms with Gasteiger partial charge in [0.2, 0.25) is 0 Å². The Morgan fingerprint density at radius 3 is 1.15 bits per heavy atom. The van der Waals surface area contributed by atoms with E-state index in [0.717, 1.165) is 22.6 Å². The van der Waals surface area contributed by atoms with Crippen LogP contribution in [0, 0.1) is 0 Å². The van der Waals surface area contributed by atoms with E-state index in [4.69, 9.17) is 9.47 Å². The summed E-state index contributed by atoms with van der Waals surface area (Å²) < 4.78 is 10.4. The van der Waals surface area contributed by atoms with Gasteiger partial charge in [-0.05, 0) is 47.2 Å². The molecule has 26 heavy (non-hydrogen) atoms. The summed E-state index contributed by atoms with van der Waals surface area (Å²) in [7, 11) is 3.28. The average molecular weight is 360 g/mol. The number of ether oxygens (including phenoxy) is 2. The molecule has 4 nitrogen and oxygen atoms in total. The second kappa shape index (κ2) is 8.35. The summed E-state index contributed by atoms with van der Waals surface area (Å²) >= 11 is 0. The lowest BCUT2D eigenvalue weighted by Gasteiger charge is -2.21. The van der Waals surface area contributed by atoms with Crippen LogP contribution in [-0.2, 0) is 10.8 Å². The Kier molecular flexibility index (Phi) is 6.96. The molecular formula is C22H32O4. The lowest BCUT2D eigenvalue weighted by molar-refractivity contribution is 0.394. The van der Waals surface area contributed by atoms with Crippen LogP contribution >= 0.6 is 0 Å². The number of benzene rings is 2. The fourth-order valence-corrected chi connectivity index (χ4v) is 2.56. The molecule has 2 aromatic carbocycles. The Balaban J connectivity index is 0.000000260. The molecule has 0 amide bonds. The van der Waals surface area contributed by atoms with E-state index in [9.17, 15) is 10.2 Å². The number of hydrogen-bond donors (Lipinski definition) is 2. The summed E-state index contributed by atoms with van der Waals surface area (Å²) in [4.78, 5) is 0. The highest BCUT2D eigenvalue weighted by Gasteiger charge is 2.19. The van der Waals surface area contributed by atoms with Gasteiger partial charge < -0.3 is 19.7 Å². The Morgan fingerprint density at radius 1 is 0.615 bits per heavy atom. The predicted octanol–water partition coefficient (Wildman–Crippen LogP) is 5.40. The molecule has 0 aliphatic carbocycles. The Morgan fingerprint density at radius 2 is 0.923 bits per heavy atom. The maximum atomic E-state index is 9.34. The summed E-state index contributed by atoms with van der Waals surface area (Å²) in [6.07, 6.45) is 0. The van der Waals surface area contributed by atoms with Crippen molar-refractivity contribution in [1.29, 1.82) is 0 Å². The van der Waals surface area contributed by atoms with Gasteiger partial charge >= 0.3 is 0 Å². The maximum Gasteiger partial charge on any atom is 0.122 e. The lowest BCUT2D eigenvalue weighted by Crippen LogP contribution is -2.12. The third-order valence-corrected chi connectivity index (χ3v) is 3.98. The highest BCUT2D eigenvalue weighted by Crippen LogP contribution is 2.34. The summed E-state index contributed by atoms with van der Waals surface area (Å²) in [6.45, 7) is 12.5. The van der Waals surface area contributed by atoms with E-state index < -0.39 is 0 Å². The topological polar surface area (TPSA) is 58.9 Å². The SMILES string of the molecule is COc1ccc(O)cc1C(C)(C)C.COc1ccc(O)cc1C(C)(C)C. The van der Waals surface area contributed by atoms with E-state index in [1.807, 2.05) is 0 Å². The first-order valence-corrected chi connectivity index (χ1v) is 8.65. The van der Waals surface area contributed by atoms with Crippen molar-refractivity contribution in [3.63, 3.8) is 0 Å². The molecule has 0 aliphatic heterocycles. The second-order valence-electron chi connectivity index (χ2n) is 8.27. The van der Waals surface area contributed by atoms with E-state index in [1.54, 1.807) is 50.6 Å².